The normalized spacial score (nSPS) is 16.8. The minimum Gasteiger partial charge on any atom is -0.301 e. The molecule has 1 atom stereocenters. The van der Waals surface area contributed by atoms with Gasteiger partial charge in [0.15, 0.2) is 0 Å². The number of amides is 2. The highest BCUT2D eigenvalue weighted by Crippen LogP contribution is 2.35. The van der Waals surface area contributed by atoms with E-state index in [1.54, 1.807) is 21.6 Å². The first-order valence-corrected chi connectivity index (χ1v) is 11.1. The van der Waals surface area contributed by atoms with E-state index in [9.17, 15) is 9.59 Å². The number of hydrogen-bond donors (Lipinski definition) is 0. The molecule has 0 aliphatic carbocycles. The highest BCUT2D eigenvalue weighted by molar-refractivity contribution is 7.98. The lowest BCUT2D eigenvalue weighted by Crippen LogP contribution is -2.56. The van der Waals surface area contributed by atoms with E-state index in [1.807, 2.05) is 92.9 Å². The number of anilines is 2. The highest BCUT2D eigenvalue weighted by atomic mass is 32.2. The van der Waals surface area contributed by atoms with E-state index < -0.39 is 6.04 Å². The largest absolute Gasteiger partial charge is 0.301 e. The molecule has 0 spiro atoms. The number of benzene rings is 3. The number of aryl methyl sites for hydroxylation is 2. The van der Waals surface area contributed by atoms with Crippen molar-refractivity contribution in [2.45, 2.75) is 24.8 Å². The first-order valence-electron chi connectivity index (χ1n) is 9.88. The maximum atomic E-state index is 13.7. The lowest BCUT2D eigenvalue weighted by molar-refractivity contribution is -0.128. The van der Waals surface area contributed by atoms with Gasteiger partial charge in [-0.15, -0.1) is 11.8 Å². The van der Waals surface area contributed by atoms with Gasteiger partial charge in [0.2, 0.25) is 5.91 Å². The maximum absolute atomic E-state index is 13.7. The third-order valence-corrected chi connectivity index (χ3v) is 6.15. The van der Waals surface area contributed by atoms with Gasteiger partial charge in [0, 0.05) is 16.3 Å². The van der Waals surface area contributed by atoms with Gasteiger partial charge in [-0.2, -0.15) is 0 Å². The average molecular weight is 417 g/mol. The van der Waals surface area contributed by atoms with E-state index in [-0.39, 0.29) is 18.4 Å². The monoisotopic (exact) mass is 416 g/mol. The van der Waals surface area contributed by atoms with E-state index in [1.165, 1.54) is 0 Å². The van der Waals surface area contributed by atoms with Gasteiger partial charge >= 0.3 is 0 Å². The molecule has 0 bridgehead atoms. The van der Waals surface area contributed by atoms with Crippen molar-refractivity contribution in [3.05, 3.63) is 89.5 Å². The van der Waals surface area contributed by atoms with Gasteiger partial charge in [0.05, 0.1) is 0 Å². The van der Waals surface area contributed by atoms with Gasteiger partial charge in [-0.3, -0.25) is 14.5 Å². The molecule has 5 heteroatoms. The lowest BCUT2D eigenvalue weighted by Gasteiger charge is -2.40. The molecule has 2 amide bonds. The van der Waals surface area contributed by atoms with Crippen LogP contribution in [0.15, 0.2) is 77.7 Å². The molecule has 0 aromatic heterocycles. The van der Waals surface area contributed by atoms with Crippen LogP contribution in [0, 0.1) is 13.8 Å². The van der Waals surface area contributed by atoms with Crippen LogP contribution in [0.2, 0.25) is 0 Å². The molecule has 4 rings (SSSR count). The molecular weight excluding hydrogens is 392 g/mol. The third-order valence-electron chi connectivity index (χ3n) is 5.41. The van der Waals surface area contributed by atoms with Crippen molar-refractivity contribution in [2.24, 2.45) is 0 Å². The fourth-order valence-electron chi connectivity index (χ4n) is 3.71. The molecule has 152 valence electrons. The van der Waals surface area contributed by atoms with Crippen molar-refractivity contribution in [1.82, 2.24) is 0 Å². The molecule has 0 unspecified atom stereocenters. The number of carbonyl (C=O) groups excluding carboxylic acids is 2. The van der Waals surface area contributed by atoms with E-state index in [2.05, 4.69) is 0 Å². The zero-order valence-corrected chi connectivity index (χ0v) is 18.1. The predicted octanol–water partition coefficient (Wildman–Crippen LogP) is 5.15. The number of nitrogens with zero attached hydrogens (tertiary/aromatic N) is 2. The summed E-state index contributed by atoms with van der Waals surface area (Å²) in [5.74, 6) is -0.200. The second-order valence-corrected chi connectivity index (χ2v) is 8.41. The minimum absolute atomic E-state index is 0.0230. The van der Waals surface area contributed by atoms with Gasteiger partial charge in [-0.1, -0.05) is 47.5 Å². The van der Waals surface area contributed by atoms with Crippen molar-refractivity contribution < 1.29 is 9.59 Å². The predicted molar refractivity (Wildman–Crippen MR) is 123 cm³/mol. The average Bonchev–Trinajstić information content (AvgIpc) is 2.76. The Kier molecular flexibility index (Phi) is 5.64. The summed E-state index contributed by atoms with van der Waals surface area (Å²) in [6.07, 6.45) is 2.02. The molecule has 4 nitrogen and oxygen atoms in total. The second kappa shape index (κ2) is 8.36. The number of thioether (sulfide) groups is 1. The van der Waals surface area contributed by atoms with E-state index in [0.29, 0.717) is 0 Å². The molecule has 1 heterocycles. The SMILES string of the molecule is CSc1ccc([C@H]2C(=O)N(c3ccc(C)cc3)CC(=O)N2c2ccc(C)cc2)cc1. The summed E-state index contributed by atoms with van der Waals surface area (Å²) in [5, 5.41) is 0. The van der Waals surface area contributed by atoms with Crippen LogP contribution in [0.1, 0.15) is 22.7 Å². The molecule has 1 fully saturated rings. The topological polar surface area (TPSA) is 40.6 Å². The Hall–Kier alpha value is -3.05. The van der Waals surface area contributed by atoms with E-state index >= 15 is 0 Å². The standard InChI is InChI=1S/C25H24N2O2S/c1-17-4-10-20(11-5-17)26-16-23(28)27(21-12-6-18(2)7-13-21)24(25(26)29)19-8-14-22(30-3)15-9-19/h4-15,24H,16H2,1-3H3/t24-/m0/s1. The van der Waals surface area contributed by atoms with Crippen molar-refractivity contribution in [1.29, 1.82) is 0 Å². The Bertz CT molecular complexity index is 1060. The van der Waals surface area contributed by atoms with Crippen LogP contribution in [0.4, 0.5) is 11.4 Å². The van der Waals surface area contributed by atoms with Crippen LogP contribution in [-0.2, 0) is 9.59 Å². The number of piperazine rings is 1. The van der Waals surface area contributed by atoms with Gasteiger partial charge in [-0.05, 0) is 62.1 Å². The van der Waals surface area contributed by atoms with Crippen LogP contribution in [0.3, 0.4) is 0 Å². The molecule has 0 saturated carbocycles. The van der Waals surface area contributed by atoms with Gasteiger partial charge in [0.25, 0.3) is 5.91 Å². The first-order chi connectivity index (χ1) is 14.5. The Morgan fingerprint density at radius 2 is 1.30 bits per heavy atom. The molecule has 0 N–H and O–H groups in total. The molecule has 30 heavy (non-hydrogen) atoms. The summed E-state index contributed by atoms with van der Waals surface area (Å²) < 4.78 is 0. The van der Waals surface area contributed by atoms with Gasteiger partial charge < -0.3 is 4.90 Å². The van der Waals surface area contributed by atoms with Gasteiger partial charge in [-0.25, -0.2) is 0 Å². The minimum atomic E-state index is -0.703. The zero-order chi connectivity index (χ0) is 21.3. The van der Waals surface area contributed by atoms with Crippen molar-refractivity contribution in [3.63, 3.8) is 0 Å². The van der Waals surface area contributed by atoms with E-state index in [0.717, 1.165) is 33.0 Å². The number of carbonyl (C=O) groups is 2. The van der Waals surface area contributed by atoms with Crippen LogP contribution in [-0.4, -0.2) is 24.6 Å². The molecule has 0 radical (unpaired) electrons. The summed E-state index contributed by atoms with van der Waals surface area (Å²) >= 11 is 1.65. The molecule has 1 aliphatic rings. The van der Waals surface area contributed by atoms with E-state index in [4.69, 9.17) is 0 Å². The Balaban J connectivity index is 1.79. The molecular formula is C25H24N2O2S. The van der Waals surface area contributed by atoms with Crippen molar-refractivity contribution in [2.75, 3.05) is 22.6 Å². The molecule has 3 aromatic rings. The smallest absolute Gasteiger partial charge is 0.255 e. The fraction of sp³-hybridized carbons (Fsp3) is 0.200. The highest BCUT2D eigenvalue weighted by Gasteiger charge is 2.41. The van der Waals surface area contributed by atoms with Crippen molar-refractivity contribution >= 4 is 35.0 Å². The van der Waals surface area contributed by atoms with Gasteiger partial charge in [0.1, 0.15) is 12.6 Å². The Morgan fingerprint density at radius 1 is 0.767 bits per heavy atom. The number of hydrogen-bond acceptors (Lipinski definition) is 3. The quantitative estimate of drug-likeness (QED) is 0.553. The summed E-state index contributed by atoms with van der Waals surface area (Å²) in [4.78, 5) is 31.4. The third kappa shape index (κ3) is 3.85. The zero-order valence-electron chi connectivity index (χ0n) is 17.3. The molecule has 3 aromatic carbocycles. The lowest BCUT2D eigenvalue weighted by atomic mass is 9.99. The summed E-state index contributed by atoms with van der Waals surface area (Å²) in [7, 11) is 0. The summed E-state index contributed by atoms with van der Waals surface area (Å²) in [5.41, 5.74) is 4.51. The first kappa shape index (κ1) is 20.2. The fourth-order valence-corrected chi connectivity index (χ4v) is 4.12. The van der Waals surface area contributed by atoms with Crippen molar-refractivity contribution in [3.8, 4) is 0 Å². The Morgan fingerprint density at radius 3 is 1.83 bits per heavy atom. The van der Waals surface area contributed by atoms with Crippen LogP contribution < -0.4 is 9.80 Å². The van der Waals surface area contributed by atoms with Crippen LogP contribution in [0.5, 0.6) is 0 Å². The summed E-state index contributed by atoms with van der Waals surface area (Å²) in [6.45, 7) is 4.03. The number of rotatable bonds is 4. The second-order valence-electron chi connectivity index (χ2n) is 7.53. The maximum Gasteiger partial charge on any atom is 0.255 e. The Labute approximate surface area is 181 Å². The molecule has 1 aliphatic heterocycles. The summed E-state index contributed by atoms with van der Waals surface area (Å²) in [6, 6.07) is 22.6. The van der Waals surface area contributed by atoms with Crippen LogP contribution in [0.25, 0.3) is 0 Å². The molecule has 1 saturated heterocycles. The van der Waals surface area contributed by atoms with Crippen LogP contribution >= 0.6 is 11.8 Å².